The van der Waals surface area contributed by atoms with Gasteiger partial charge in [-0.3, -0.25) is 19.2 Å². The van der Waals surface area contributed by atoms with Crippen LogP contribution in [-0.2, 0) is 30.4 Å². The van der Waals surface area contributed by atoms with Crippen molar-refractivity contribution in [3.63, 3.8) is 0 Å². The highest BCUT2D eigenvalue weighted by molar-refractivity contribution is 5.94. The number of nitrogens with two attached hydrogens (primary N) is 2. The molecule has 1 saturated heterocycles. The van der Waals surface area contributed by atoms with Gasteiger partial charge in [-0.15, -0.1) is 0 Å². The summed E-state index contributed by atoms with van der Waals surface area (Å²) in [6.45, 7) is 3.99. The highest BCUT2D eigenvalue weighted by Gasteiger charge is 2.38. The summed E-state index contributed by atoms with van der Waals surface area (Å²) >= 11 is 0. The van der Waals surface area contributed by atoms with Gasteiger partial charge in [0.2, 0.25) is 23.6 Å². The molecule has 0 aromatic heterocycles. The van der Waals surface area contributed by atoms with Crippen LogP contribution in [0.25, 0.3) is 0 Å². The maximum atomic E-state index is 13.2. The predicted molar refractivity (Wildman–Crippen MR) is 134 cm³/mol. The highest BCUT2D eigenvalue weighted by atomic mass is 16.4. The molecule has 4 amide bonds. The molecule has 0 spiro atoms. The zero-order valence-electron chi connectivity index (χ0n) is 21.2. The SMILES string of the molecule is CC(C)CC(NC(=O)C(CCC(N)=O)NC(=O)C(N)Cc1ccc(O)cc1)C(=O)N1CCCC1C(=O)O. The van der Waals surface area contributed by atoms with Crippen molar-refractivity contribution in [2.24, 2.45) is 17.4 Å². The second kappa shape index (κ2) is 13.6. The van der Waals surface area contributed by atoms with Crippen molar-refractivity contribution in [1.82, 2.24) is 15.5 Å². The van der Waals surface area contributed by atoms with Gasteiger partial charge in [0.1, 0.15) is 23.9 Å². The summed E-state index contributed by atoms with van der Waals surface area (Å²) in [4.78, 5) is 63.4. The fourth-order valence-corrected chi connectivity index (χ4v) is 4.27. The number of nitrogens with one attached hydrogen (secondary N) is 2. The molecule has 1 aliphatic heterocycles. The van der Waals surface area contributed by atoms with E-state index < -0.39 is 53.8 Å². The first-order valence-corrected chi connectivity index (χ1v) is 12.3. The normalized spacial score (nSPS) is 17.6. The molecule has 0 saturated carbocycles. The molecule has 1 heterocycles. The van der Waals surface area contributed by atoms with Crippen molar-refractivity contribution in [1.29, 1.82) is 0 Å². The molecule has 37 heavy (non-hydrogen) atoms. The van der Waals surface area contributed by atoms with E-state index in [0.29, 0.717) is 18.4 Å². The summed E-state index contributed by atoms with van der Waals surface area (Å²) in [5.74, 6) is -3.55. The number of carboxylic acid groups (broad SMARTS) is 1. The van der Waals surface area contributed by atoms with Crippen molar-refractivity contribution in [3.05, 3.63) is 29.8 Å². The van der Waals surface area contributed by atoms with Gasteiger partial charge in [-0.1, -0.05) is 26.0 Å². The minimum Gasteiger partial charge on any atom is -0.508 e. The molecule has 1 aromatic carbocycles. The Balaban J connectivity index is 2.14. The van der Waals surface area contributed by atoms with E-state index in [1.807, 2.05) is 13.8 Å². The number of hydrogen-bond donors (Lipinski definition) is 6. The van der Waals surface area contributed by atoms with E-state index in [4.69, 9.17) is 11.5 Å². The Morgan fingerprint density at radius 2 is 1.68 bits per heavy atom. The first-order chi connectivity index (χ1) is 17.4. The van der Waals surface area contributed by atoms with Crippen LogP contribution >= 0.6 is 0 Å². The predicted octanol–water partition coefficient (Wildman–Crippen LogP) is -0.381. The van der Waals surface area contributed by atoms with E-state index in [-0.39, 0.29) is 43.9 Å². The zero-order valence-corrected chi connectivity index (χ0v) is 21.2. The molecule has 12 nitrogen and oxygen atoms in total. The molecule has 1 aromatic rings. The third-order valence-corrected chi connectivity index (χ3v) is 6.18. The number of aliphatic carboxylic acids is 1. The number of carbonyl (C=O) groups is 5. The summed E-state index contributed by atoms with van der Waals surface area (Å²) < 4.78 is 0. The van der Waals surface area contributed by atoms with Gasteiger partial charge in [0.25, 0.3) is 0 Å². The van der Waals surface area contributed by atoms with Gasteiger partial charge >= 0.3 is 5.97 Å². The number of carbonyl (C=O) groups excluding carboxylic acids is 4. The number of phenolic OH excluding ortho intramolecular Hbond substituents is 1. The molecule has 0 aliphatic carbocycles. The summed E-state index contributed by atoms with van der Waals surface area (Å²) in [5, 5.41) is 24.1. The van der Waals surface area contributed by atoms with E-state index in [1.165, 1.54) is 17.0 Å². The van der Waals surface area contributed by atoms with E-state index in [0.717, 1.165) is 0 Å². The van der Waals surface area contributed by atoms with Crippen LogP contribution in [0, 0.1) is 5.92 Å². The third-order valence-electron chi connectivity index (χ3n) is 6.18. The number of phenols is 1. The van der Waals surface area contributed by atoms with Gasteiger partial charge in [0, 0.05) is 13.0 Å². The fourth-order valence-electron chi connectivity index (χ4n) is 4.27. The minimum absolute atomic E-state index is 0.00229. The third kappa shape index (κ3) is 9.05. The standard InChI is InChI=1S/C25H37N5O7/c1-14(2)12-19(24(35)30-11-3-4-20(30)25(36)37)29-23(34)18(9-10-21(27)32)28-22(33)17(26)13-15-5-7-16(31)8-6-15/h5-8,14,17-20,31H,3-4,9-13,26H2,1-2H3,(H2,27,32)(H,28,33)(H,29,34)(H,36,37). The first kappa shape index (κ1) is 29.6. The number of likely N-dealkylation sites (tertiary alicyclic amines) is 1. The zero-order chi connectivity index (χ0) is 27.7. The number of carboxylic acids is 1. The topological polar surface area (TPSA) is 205 Å². The van der Waals surface area contributed by atoms with Gasteiger partial charge in [-0.2, -0.15) is 0 Å². The molecule has 4 unspecified atom stereocenters. The lowest BCUT2D eigenvalue weighted by atomic mass is 10.0. The molecule has 8 N–H and O–H groups in total. The number of rotatable bonds is 13. The van der Waals surface area contributed by atoms with Crippen LogP contribution in [0.4, 0.5) is 0 Å². The van der Waals surface area contributed by atoms with Gasteiger partial charge in [0.15, 0.2) is 0 Å². The van der Waals surface area contributed by atoms with Gasteiger partial charge < -0.3 is 37.2 Å². The number of aromatic hydroxyl groups is 1. The second-order valence-corrected chi connectivity index (χ2v) is 9.76. The average molecular weight is 520 g/mol. The molecule has 4 atom stereocenters. The van der Waals surface area contributed by atoms with Crippen molar-refractivity contribution in [3.8, 4) is 5.75 Å². The highest BCUT2D eigenvalue weighted by Crippen LogP contribution is 2.20. The molecular weight excluding hydrogens is 482 g/mol. The molecule has 1 aliphatic rings. The lowest BCUT2D eigenvalue weighted by Gasteiger charge is -2.29. The van der Waals surface area contributed by atoms with Gasteiger partial charge in [-0.25, -0.2) is 4.79 Å². The van der Waals surface area contributed by atoms with Gasteiger partial charge in [0.05, 0.1) is 6.04 Å². The molecule has 1 fully saturated rings. The Morgan fingerprint density at radius 1 is 1.05 bits per heavy atom. The smallest absolute Gasteiger partial charge is 0.326 e. The summed E-state index contributed by atoms with van der Waals surface area (Å²) in [5.41, 5.74) is 12.0. The van der Waals surface area contributed by atoms with Crippen molar-refractivity contribution in [2.45, 2.75) is 76.5 Å². The van der Waals surface area contributed by atoms with Gasteiger partial charge in [-0.05, 0) is 55.7 Å². The maximum absolute atomic E-state index is 13.2. The van der Waals surface area contributed by atoms with Crippen LogP contribution < -0.4 is 22.1 Å². The van der Waals surface area contributed by atoms with E-state index >= 15 is 0 Å². The Hall–Kier alpha value is -3.67. The monoisotopic (exact) mass is 519 g/mol. The van der Waals surface area contributed by atoms with E-state index in [1.54, 1.807) is 12.1 Å². The minimum atomic E-state index is -1.19. The van der Waals surface area contributed by atoms with Crippen LogP contribution in [0.1, 0.15) is 51.5 Å². The number of hydrogen-bond acceptors (Lipinski definition) is 7. The van der Waals surface area contributed by atoms with Crippen molar-refractivity contribution in [2.75, 3.05) is 6.54 Å². The summed E-state index contributed by atoms with van der Waals surface area (Å²) in [7, 11) is 0. The Morgan fingerprint density at radius 3 is 2.24 bits per heavy atom. The lowest BCUT2D eigenvalue weighted by molar-refractivity contribution is -0.149. The van der Waals surface area contributed by atoms with E-state index in [9.17, 15) is 34.2 Å². The summed E-state index contributed by atoms with van der Waals surface area (Å²) in [6.07, 6.45) is 0.964. The number of benzene rings is 1. The van der Waals surface area contributed by atoms with Crippen molar-refractivity contribution < 1.29 is 34.2 Å². The average Bonchev–Trinajstić information content (AvgIpc) is 3.32. The Kier molecular flexibility index (Phi) is 10.9. The Bertz CT molecular complexity index is 982. The number of nitrogens with zero attached hydrogens (tertiary/aromatic N) is 1. The van der Waals surface area contributed by atoms with Crippen LogP contribution in [0.15, 0.2) is 24.3 Å². The molecule has 204 valence electrons. The second-order valence-electron chi connectivity index (χ2n) is 9.76. The number of amides is 4. The van der Waals surface area contributed by atoms with Crippen molar-refractivity contribution >= 4 is 29.6 Å². The molecule has 2 rings (SSSR count). The lowest BCUT2D eigenvalue weighted by Crippen LogP contribution is -2.57. The summed E-state index contributed by atoms with van der Waals surface area (Å²) in [6, 6.07) is 1.97. The molecule has 12 heteroatoms. The van der Waals surface area contributed by atoms with E-state index in [2.05, 4.69) is 10.6 Å². The molecule has 0 radical (unpaired) electrons. The molecule has 0 bridgehead atoms. The quantitative estimate of drug-likeness (QED) is 0.202. The van der Waals surface area contributed by atoms with Crippen LogP contribution in [0.3, 0.4) is 0 Å². The number of primary amides is 1. The van der Waals surface area contributed by atoms with Crippen LogP contribution in [0.5, 0.6) is 5.75 Å². The van der Waals surface area contributed by atoms with Crippen LogP contribution in [-0.4, -0.2) is 75.4 Å². The first-order valence-electron chi connectivity index (χ1n) is 12.3. The van der Waals surface area contributed by atoms with Crippen LogP contribution in [0.2, 0.25) is 0 Å². The maximum Gasteiger partial charge on any atom is 0.326 e. The molecular formula is C25H37N5O7. The fraction of sp³-hybridized carbons (Fsp3) is 0.560. The Labute approximate surface area is 215 Å². The largest absolute Gasteiger partial charge is 0.508 e.